The Hall–Kier alpha value is -1.63. The van der Waals surface area contributed by atoms with Crippen LogP contribution in [0, 0.1) is 5.92 Å². The summed E-state index contributed by atoms with van der Waals surface area (Å²) < 4.78 is 10.9. The first kappa shape index (κ1) is 17.7. The number of nitrogens with zero attached hydrogens (tertiary/aromatic N) is 1. The lowest BCUT2D eigenvalue weighted by atomic mass is 10.2. The number of carbonyl (C=O) groups excluding carboxylic acids is 1. The number of urea groups is 1. The van der Waals surface area contributed by atoms with Crippen molar-refractivity contribution in [1.29, 1.82) is 0 Å². The molecule has 0 radical (unpaired) electrons. The van der Waals surface area contributed by atoms with Crippen LogP contribution in [0.5, 0.6) is 0 Å². The normalized spacial score (nSPS) is 19.4. The van der Waals surface area contributed by atoms with Gasteiger partial charge in [0.15, 0.2) is 0 Å². The molecule has 6 heteroatoms. The predicted octanol–water partition coefficient (Wildman–Crippen LogP) is 1.24. The largest absolute Gasteiger partial charge is 0.394 e. The number of morpholine rings is 1. The highest BCUT2D eigenvalue weighted by molar-refractivity contribution is 5.74. The minimum absolute atomic E-state index is 0.0802. The Bertz CT molecular complexity index is 469. The number of aliphatic hydroxyl groups excluding tert-OH is 1. The van der Waals surface area contributed by atoms with E-state index >= 15 is 0 Å². The highest BCUT2D eigenvalue weighted by atomic mass is 16.5. The van der Waals surface area contributed by atoms with Crippen LogP contribution < -0.4 is 5.32 Å². The monoisotopic (exact) mass is 322 g/mol. The molecule has 2 atom stereocenters. The molecule has 2 rings (SSSR count). The molecule has 1 aliphatic rings. The third kappa shape index (κ3) is 5.82. The Kier molecular flexibility index (Phi) is 7.32. The van der Waals surface area contributed by atoms with Crippen LogP contribution in [0.15, 0.2) is 30.3 Å². The number of hydrogen-bond donors (Lipinski definition) is 2. The summed E-state index contributed by atoms with van der Waals surface area (Å²) in [6.07, 6.45) is 0. The van der Waals surface area contributed by atoms with Crippen molar-refractivity contribution < 1.29 is 19.4 Å². The zero-order chi connectivity index (χ0) is 16.5. The van der Waals surface area contributed by atoms with Crippen LogP contribution in [0.25, 0.3) is 0 Å². The van der Waals surface area contributed by atoms with Gasteiger partial charge in [-0.15, -0.1) is 0 Å². The van der Waals surface area contributed by atoms with Crippen molar-refractivity contribution in [1.82, 2.24) is 10.2 Å². The molecule has 0 saturated carbocycles. The Morgan fingerprint density at radius 2 is 2.26 bits per heavy atom. The van der Waals surface area contributed by atoms with E-state index in [9.17, 15) is 9.90 Å². The summed E-state index contributed by atoms with van der Waals surface area (Å²) in [4.78, 5) is 13.8. The van der Waals surface area contributed by atoms with Crippen LogP contribution >= 0.6 is 0 Å². The average molecular weight is 322 g/mol. The molecule has 0 bridgehead atoms. The molecule has 0 aliphatic carbocycles. The minimum atomic E-state index is -0.256. The standard InChI is InChI=1S/C17H26N2O4/c1-14(11-23-12-15-5-3-2-4-6-15)9-18-17(21)19-7-8-22-13-16(19)10-20/h2-6,14,16,20H,7-13H2,1H3,(H,18,21)/t14?,16-/m0/s1. The van der Waals surface area contributed by atoms with Crippen LogP contribution in [0.2, 0.25) is 0 Å². The fourth-order valence-corrected chi connectivity index (χ4v) is 2.45. The number of nitrogens with one attached hydrogen (secondary N) is 1. The third-order valence-corrected chi connectivity index (χ3v) is 3.81. The molecule has 1 heterocycles. The third-order valence-electron chi connectivity index (χ3n) is 3.81. The molecule has 128 valence electrons. The second-order valence-electron chi connectivity index (χ2n) is 5.90. The maximum absolute atomic E-state index is 12.2. The molecular weight excluding hydrogens is 296 g/mol. The molecular formula is C17H26N2O4. The summed E-state index contributed by atoms with van der Waals surface area (Å²) in [5.74, 6) is 0.219. The van der Waals surface area contributed by atoms with Gasteiger partial charge in [0, 0.05) is 13.1 Å². The number of hydrogen-bond acceptors (Lipinski definition) is 4. The molecule has 6 nitrogen and oxygen atoms in total. The number of amides is 2. The van der Waals surface area contributed by atoms with Gasteiger partial charge in [-0.25, -0.2) is 4.79 Å². The summed E-state index contributed by atoms with van der Waals surface area (Å²) in [6.45, 7) is 5.08. The molecule has 1 aromatic carbocycles. The molecule has 2 amide bonds. The van der Waals surface area contributed by atoms with Crippen molar-refractivity contribution in [2.24, 2.45) is 5.92 Å². The van der Waals surface area contributed by atoms with Crippen molar-refractivity contribution in [3.63, 3.8) is 0 Å². The van der Waals surface area contributed by atoms with Gasteiger partial charge in [-0.1, -0.05) is 37.3 Å². The number of benzene rings is 1. The average Bonchev–Trinajstić information content (AvgIpc) is 2.60. The minimum Gasteiger partial charge on any atom is -0.394 e. The van der Waals surface area contributed by atoms with Crippen molar-refractivity contribution in [3.8, 4) is 0 Å². The van der Waals surface area contributed by atoms with Gasteiger partial charge in [0.25, 0.3) is 0 Å². The molecule has 1 saturated heterocycles. The van der Waals surface area contributed by atoms with E-state index in [0.29, 0.717) is 39.5 Å². The molecule has 1 aromatic rings. The molecule has 0 spiro atoms. The fraction of sp³-hybridized carbons (Fsp3) is 0.588. The maximum atomic E-state index is 12.2. The Balaban J connectivity index is 1.65. The molecule has 1 fully saturated rings. The van der Waals surface area contributed by atoms with Crippen molar-refractivity contribution in [2.75, 3.05) is 39.5 Å². The second kappa shape index (κ2) is 9.50. The van der Waals surface area contributed by atoms with Crippen LogP contribution in [-0.2, 0) is 16.1 Å². The van der Waals surface area contributed by atoms with Gasteiger partial charge in [0.1, 0.15) is 0 Å². The molecule has 2 N–H and O–H groups in total. The van der Waals surface area contributed by atoms with Gasteiger partial charge in [0.05, 0.1) is 39.1 Å². The molecule has 0 aromatic heterocycles. The summed E-state index contributed by atoms with van der Waals surface area (Å²) >= 11 is 0. The number of rotatable bonds is 7. The van der Waals surface area contributed by atoms with Gasteiger partial charge in [-0.3, -0.25) is 0 Å². The van der Waals surface area contributed by atoms with Gasteiger partial charge in [0.2, 0.25) is 0 Å². The SMILES string of the molecule is CC(CNC(=O)N1CCOC[C@@H]1CO)COCc1ccccc1. The smallest absolute Gasteiger partial charge is 0.317 e. The summed E-state index contributed by atoms with van der Waals surface area (Å²) in [6, 6.07) is 9.60. The molecule has 1 aliphatic heterocycles. The van der Waals surface area contributed by atoms with Gasteiger partial charge in [-0.05, 0) is 11.5 Å². The topological polar surface area (TPSA) is 71.0 Å². The molecule has 23 heavy (non-hydrogen) atoms. The van der Waals surface area contributed by atoms with E-state index in [1.807, 2.05) is 37.3 Å². The summed E-state index contributed by atoms with van der Waals surface area (Å²) in [7, 11) is 0. The van der Waals surface area contributed by atoms with E-state index in [-0.39, 0.29) is 24.6 Å². The number of ether oxygens (including phenoxy) is 2. The Labute approximate surface area is 137 Å². The van der Waals surface area contributed by atoms with Crippen LogP contribution in [0.4, 0.5) is 4.79 Å². The van der Waals surface area contributed by atoms with Gasteiger partial charge >= 0.3 is 6.03 Å². The second-order valence-corrected chi connectivity index (χ2v) is 5.90. The lowest BCUT2D eigenvalue weighted by Crippen LogP contribution is -2.54. The summed E-state index contributed by atoms with van der Waals surface area (Å²) in [5.41, 5.74) is 1.14. The zero-order valence-corrected chi connectivity index (χ0v) is 13.6. The van der Waals surface area contributed by atoms with Crippen molar-refractivity contribution >= 4 is 6.03 Å². The Morgan fingerprint density at radius 3 is 3.00 bits per heavy atom. The van der Waals surface area contributed by atoms with Crippen LogP contribution in [0.3, 0.4) is 0 Å². The van der Waals surface area contributed by atoms with Crippen LogP contribution in [0.1, 0.15) is 12.5 Å². The zero-order valence-electron chi connectivity index (χ0n) is 13.6. The first-order valence-electron chi connectivity index (χ1n) is 8.05. The maximum Gasteiger partial charge on any atom is 0.317 e. The first-order valence-corrected chi connectivity index (χ1v) is 8.05. The highest BCUT2D eigenvalue weighted by Crippen LogP contribution is 2.07. The lowest BCUT2D eigenvalue weighted by molar-refractivity contribution is -0.00795. The van der Waals surface area contributed by atoms with E-state index in [1.165, 1.54) is 0 Å². The Morgan fingerprint density at radius 1 is 1.48 bits per heavy atom. The first-order chi connectivity index (χ1) is 11.2. The van der Waals surface area contributed by atoms with E-state index < -0.39 is 0 Å². The van der Waals surface area contributed by atoms with Gasteiger partial charge in [-0.2, -0.15) is 0 Å². The summed E-state index contributed by atoms with van der Waals surface area (Å²) in [5, 5.41) is 12.2. The van der Waals surface area contributed by atoms with E-state index in [1.54, 1.807) is 4.90 Å². The highest BCUT2D eigenvalue weighted by Gasteiger charge is 2.26. The van der Waals surface area contributed by atoms with Crippen molar-refractivity contribution in [3.05, 3.63) is 35.9 Å². The lowest BCUT2D eigenvalue weighted by Gasteiger charge is -2.34. The predicted molar refractivity (Wildman–Crippen MR) is 87.1 cm³/mol. The van der Waals surface area contributed by atoms with Gasteiger partial charge < -0.3 is 24.8 Å². The van der Waals surface area contributed by atoms with Crippen LogP contribution in [-0.4, -0.2) is 61.6 Å². The van der Waals surface area contributed by atoms with Crippen molar-refractivity contribution in [2.45, 2.75) is 19.6 Å². The quantitative estimate of drug-likeness (QED) is 0.792. The van der Waals surface area contributed by atoms with E-state index in [0.717, 1.165) is 5.56 Å². The van der Waals surface area contributed by atoms with E-state index in [4.69, 9.17) is 9.47 Å². The fourth-order valence-electron chi connectivity index (χ4n) is 2.45. The number of aliphatic hydroxyl groups is 1. The molecule has 1 unspecified atom stereocenters. The number of carbonyl (C=O) groups is 1. The van der Waals surface area contributed by atoms with E-state index in [2.05, 4.69) is 5.32 Å².